The number of quaternary nitrogens is 1. The molecule has 0 spiro atoms. The lowest BCUT2D eigenvalue weighted by Crippen LogP contribution is -3.13. The molecule has 132 valence electrons. The SMILES string of the molecule is CC([O-])(C#CC[NH+]1CCCCC1c1cccnc1)C1CC2C=CC1C2. The Bertz CT molecular complexity index is 685. The predicted molar refractivity (Wildman–Crippen MR) is 96.6 cm³/mol. The summed E-state index contributed by atoms with van der Waals surface area (Å²) < 4.78 is 0. The lowest BCUT2D eigenvalue weighted by molar-refractivity contribution is -0.930. The van der Waals surface area contributed by atoms with E-state index in [1.165, 1.54) is 36.1 Å². The van der Waals surface area contributed by atoms with E-state index in [-0.39, 0.29) is 5.92 Å². The lowest BCUT2D eigenvalue weighted by Gasteiger charge is -2.41. The van der Waals surface area contributed by atoms with Gasteiger partial charge in [-0.2, -0.15) is 0 Å². The van der Waals surface area contributed by atoms with Crippen molar-refractivity contribution in [3.63, 3.8) is 0 Å². The van der Waals surface area contributed by atoms with Crippen LogP contribution in [0.4, 0.5) is 0 Å². The molecule has 3 heteroatoms. The average molecular weight is 336 g/mol. The van der Waals surface area contributed by atoms with Crippen LogP contribution in [-0.4, -0.2) is 23.7 Å². The van der Waals surface area contributed by atoms with Gasteiger partial charge >= 0.3 is 0 Å². The molecule has 1 aromatic heterocycles. The van der Waals surface area contributed by atoms with E-state index in [4.69, 9.17) is 0 Å². The maximum absolute atomic E-state index is 13.1. The fourth-order valence-electron chi connectivity index (χ4n) is 5.11. The first-order valence-electron chi connectivity index (χ1n) is 9.77. The maximum atomic E-state index is 13.1. The van der Waals surface area contributed by atoms with Crippen LogP contribution in [0.1, 0.15) is 50.6 Å². The number of allylic oxidation sites excluding steroid dienone is 2. The fourth-order valence-corrected chi connectivity index (χ4v) is 5.11. The van der Waals surface area contributed by atoms with Crippen molar-refractivity contribution >= 4 is 0 Å². The summed E-state index contributed by atoms with van der Waals surface area (Å²) in [5.41, 5.74) is 0.200. The van der Waals surface area contributed by atoms with Crippen molar-refractivity contribution in [2.45, 2.75) is 50.7 Å². The first kappa shape index (κ1) is 16.8. The van der Waals surface area contributed by atoms with Gasteiger partial charge in [0.25, 0.3) is 0 Å². The number of rotatable bonds is 3. The Hall–Kier alpha value is -1.63. The van der Waals surface area contributed by atoms with Gasteiger partial charge in [-0.3, -0.25) is 4.98 Å². The molecule has 0 amide bonds. The zero-order valence-electron chi connectivity index (χ0n) is 15.1. The molecule has 0 aromatic carbocycles. The van der Waals surface area contributed by atoms with E-state index >= 15 is 0 Å². The van der Waals surface area contributed by atoms with Crippen LogP contribution in [0.25, 0.3) is 0 Å². The number of nitrogens with one attached hydrogen (secondary N) is 1. The van der Waals surface area contributed by atoms with Crippen molar-refractivity contribution in [1.82, 2.24) is 4.98 Å². The Kier molecular flexibility index (Phi) is 4.67. The quantitative estimate of drug-likeness (QED) is 0.672. The third kappa shape index (κ3) is 3.52. The number of hydrogen-bond acceptors (Lipinski definition) is 2. The number of hydrogen-bond donors (Lipinski definition) is 1. The van der Waals surface area contributed by atoms with Crippen molar-refractivity contribution in [2.75, 3.05) is 13.1 Å². The zero-order chi connectivity index (χ0) is 17.3. The van der Waals surface area contributed by atoms with Crippen molar-refractivity contribution in [3.8, 4) is 11.8 Å². The number of aromatic nitrogens is 1. The smallest absolute Gasteiger partial charge is 0.139 e. The van der Waals surface area contributed by atoms with Gasteiger partial charge in [0, 0.05) is 24.4 Å². The number of nitrogens with zero attached hydrogens (tertiary/aromatic N) is 1. The summed E-state index contributed by atoms with van der Waals surface area (Å²) in [4.78, 5) is 5.78. The van der Waals surface area contributed by atoms with Crippen LogP contribution in [-0.2, 0) is 0 Å². The molecular weight excluding hydrogens is 308 g/mol. The van der Waals surface area contributed by atoms with Crippen LogP contribution in [0.2, 0.25) is 0 Å². The Morgan fingerprint density at radius 2 is 2.24 bits per heavy atom. The van der Waals surface area contributed by atoms with E-state index in [0.717, 1.165) is 19.5 Å². The van der Waals surface area contributed by atoms with Crippen molar-refractivity contribution < 1.29 is 10.0 Å². The fraction of sp³-hybridized carbons (Fsp3) is 0.591. The second kappa shape index (κ2) is 6.94. The van der Waals surface area contributed by atoms with Crippen LogP contribution in [0.5, 0.6) is 0 Å². The van der Waals surface area contributed by atoms with Gasteiger partial charge in [0.15, 0.2) is 0 Å². The van der Waals surface area contributed by atoms with Gasteiger partial charge in [0.05, 0.1) is 6.54 Å². The first-order valence-corrected chi connectivity index (χ1v) is 9.77. The van der Waals surface area contributed by atoms with E-state index < -0.39 is 5.60 Å². The summed E-state index contributed by atoms with van der Waals surface area (Å²) in [6, 6.07) is 4.67. The van der Waals surface area contributed by atoms with E-state index in [1.54, 1.807) is 0 Å². The van der Waals surface area contributed by atoms with E-state index in [0.29, 0.717) is 17.9 Å². The largest absolute Gasteiger partial charge is 0.840 e. The molecule has 1 aromatic rings. The molecule has 1 saturated heterocycles. The van der Waals surface area contributed by atoms with Crippen molar-refractivity contribution in [3.05, 3.63) is 42.2 Å². The number of pyridine rings is 1. The monoisotopic (exact) mass is 336 g/mol. The zero-order valence-corrected chi connectivity index (χ0v) is 15.1. The first-order chi connectivity index (χ1) is 12.1. The van der Waals surface area contributed by atoms with Gasteiger partial charge < -0.3 is 10.0 Å². The van der Waals surface area contributed by atoms with Crippen LogP contribution < -0.4 is 10.0 Å². The topological polar surface area (TPSA) is 40.4 Å². The lowest BCUT2D eigenvalue weighted by atomic mass is 9.80. The molecule has 1 aliphatic heterocycles. The van der Waals surface area contributed by atoms with Gasteiger partial charge in [0.1, 0.15) is 12.6 Å². The van der Waals surface area contributed by atoms with E-state index in [9.17, 15) is 5.11 Å². The molecule has 2 heterocycles. The Labute approximate surface area is 151 Å². The van der Waals surface area contributed by atoms with Crippen LogP contribution in [0.3, 0.4) is 0 Å². The van der Waals surface area contributed by atoms with Gasteiger partial charge in [-0.25, -0.2) is 0 Å². The van der Waals surface area contributed by atoms with Crippen molar-refractivity contribution in [1.29, 1.82) is 0 Å². The molecule has 3 nitrogen and oxygen atoms in total. The highest BCUT2D eigenvalue weighted by molar-refractivity contribution is 5.21. The van der Waals surface area contributed by atoms with Gasteiger partial charge in [0.2, 0.25) is 0 Å². The Morgan fingerprint density at radius 1 is 1.32 bits per heavy atom. The number of piperidine rings is 1. The van der Waals surface area contributed by atoms with E-state index in [2.05, 4.69) is 35.0 Å². The number of likely N-dealkylation sites (tertiary alicyclic amines) is 1. The Balaban J connectivity index is 1.43. The number of fused-ring (bicyclic) bond motifs is 2. The maximum Gasteiger partial charge on any atom is 0.139 e. The summed E-state index contributed by atoms with van der Waals surface area (Å²) in [6.07, 6.45) is 14.3. The summed E-state index contributed by atoms with van der Waals surface area (Å²) in [5, 5.41) is 13.1. The molecule has 1 N–H and O–H groups in total. The summed E-state index contributed by atoms with van der Waals surface area (Å²) in [7, 11) is 0. The molecule has 6 atom stereocenters. The van der Waals surface area contributed by atoms with Gasteiger partial charge in [-0.15, -0.1) is 5.92 Å². The van der Waals surface area contributed by atoms with Crippen LogP contribution in [0.15, 0.2) is 36.7 Å². The highest BCUT2D eigenvalue weighted by Gasteiger charge is 2.40. The molecular formula is C22H28N2O. The minimum Gasteiger partial charge on any atom is -0.840 e. The molecule has 1 saturated carbocycles. The second-order valence-electron chi connectivity index (χ2n) is 8.22. The molecule has 3 aliphatic rings. The van der Waals surface area contributed by atoms with Crippen LogP contribution in [0, 0.1) is 29.6 Å². The third-order valence-electron chi connectivity index (χ3n) is 6.46. The highest BCUT2D eigenvalue weighted by atomic mass is 16.3. The van der Waals surface area contributed by atoms with Crippen LogP contribution >= 0.6 is 0 Å². The standard InChI is InChI=1S/C22H27N2O/c1-22(25,20-15-17-8-9-18(20)14-17)10-5-13-24-12-3-2-7-21(24)19-6-4-11-23-16-19/h4,6,8-9,11,16-18,20-21H,2-3,7,12-15H2,1H3/q-1/p+1. The molecule has 0 radical (unpaired) electrons. The highest BCUT2D eigenvalue weighted by Crippen LogP contribution is 2.47. The summed E-state index contributed by atoms with van der Waals surface area (Å²) in [6.45, 7) is 3.72. The minimum absolute atomic E-state index is 0.195. The molecule has 4 rings (SSSR count). The molecule has 25 heavy (non-hydrogen) atoms. The Morgan fingerprint density at radius 3 is 2.96 bits per heavy atom. The summed E-state index contributed by atoms with van der Waals surface area (Å²) in [5.74, 6) is 7.71. The third-order valence-corrected chi connectivity index (χ3v) is 6.46. The van der Waals surface area contributed by atoms with Gasteiger partial charge in [-0.1, -0.05) is 25.1 Å². The van der Waals surface area contributed by atoms with E-state index in [1.807, 2.05) is 25.4 Å². The molecule has 6 unspecified atom stereocenters. The minimum atomic E-state index is -1.11. The second-order valence-corrected chi connectivity index (χ2v) is 8.22. The predicted octanol–water partition coefficient (Wildman–Crippen LogP) is 1.53. The molecule has 2 bridgehead atoms. The van der Waals surface area contributed by atoms with Crippen molar-refractivity contribution in [2.24, 2.45) is 17.8 Å². The molecule has 2 aliphatic carbocycles. The van der Waals surface area contributed by atoms with Gasteiger partial charge in [-0.05, 0) is 61.0 Å². The molecule has 2 fully saturated rings. The normalized spacial score (nSPS) is 35.8. The summed E-state index contributed by atoms with van der Waals surface area (Å²) >= 11 is 0. The average Bonchev–Trinajstić information content (AvgIpc) is 3.27.